The highest BCUT2D eigenvalue weighted by molar-refractivity contribution is 6.12. The second kappa shape index (κ2) is 7.98. The van der Waals surface area contributed by atoms with Crippen LogP contribution in [-0.4, -0.2) is 22.8 Å². The topological polar surface area (TPSA) is 81.7 Å². The fourth-order valence-corrected chi connectivity index (χ4v) is 4.27. The molecular formula is C27H21NO5. The zero-order valence-corrected chi connectivity index (χ0v) is 18.2. The van der Waals surface area contributed by atoms with Gasteiger partial charge in [-0.2, -0.15) is 0 Å². The standard InChI is InChI=1S/C27H21NO5/c1-16-7-3-4-8-18(16)15-28-24-20-9-5-6-10-21(20)33-25(24)22(23(26(28)29)27(30)31)17-11-13-19(32-2)14-12-17/h3-14H,15H2,1-2H3,(H,30,31). The number of carbonyl (C=O) groups is 1. The SMILES string of the molecule is COc1ccc(-c2c(C(=O)O)c(=O)n(Cc3ccccc3C)c3c2oc2ccccc23)cc1. The zero-order chi connectivity index (χ0) is 23.1. The molecule has 5 rings (SSSR count). The van der Waals surface area contributed by atoms with Crippen molar-refractivity contribution in [1.82, 2.24) is 4.57 Å². The summed E-state index contributed by atoms with van der Waals surface area (Å²) in [4.78, 5) is 26.1. The highest BCUT2D eigenvalue weighted by Crippen LogP contribution is 2.37. The second-order valence-electron chi connectivity index (χ2n) is 7.88. The van der Waals surface area contributed by atoms with Crippen LogP contribution < -0.4 is 10.3 Å². The van der Waals surface area contributed by atoms with E-state index in [-0.39, 0.29) is 17.7 Å². The first-order valence-electron chi connectivity index (χ1n) is 10.5. The smallest absolute Gasteiger partial charge is 0.342 e. The molecule has 0 fully saturated rings. The molecule has 0 aliphatic rings. The monoisotopic (exact) mass is 439 g/mol. The molecule has 0 unspecified atom stereocenters. The quantitative estimate of drug-likeness (QED) is 0.392. The minimum Gasteiger partial charge on any atom is -0.497 e. The van der Waals surface area contributed by atoms with E-state index in [2.05, 4.69) is 0 Å². The summed E-state index contributed by atoms with van der Waals surface area (Å²) in [5, 5.41) is 10.9. The van der Waals surface area contributed by atoms with Gasteiger partial charge in [0, 0.05) is 10.9 Å². The second-order valence-corrected chi connectivity index (χ2v) is 7.88. The van der Waals surface area contributed by atoms with Crippen molar-refractivity contribution in [2.45, 2.75) is 13.5 Å². The number of nitrogens with zero attached hydrogens (tertiary/aromatic N) is 1. The van der Waals surface area contributed by atoms with Crippen molar-refractivity contribution in [2.75, 3.05) is 7.11 Å². The molecule has 6 nitrogen and oxygen atoms in total. The third kappa shape index (κ3) is 3.36. The highest BCUT2D eigenvalue weighted by atomic mass is 16.5. The fraction of sp³-hybridized carbons (Fsp3) is 0.111. The van der Waals surface area contributed by atoms with Crippen LogP contribution in [0.2, 0.25) is 0 Å². The zero-order valence-electron chi connectivity index (χ0n) is 18.2. The minimum absolute atomic E-state index is 0.231. The lowest BCUT2D eigenvalue weighted by molar-refractivity contribution is 0.0695. The average Bonchev–Trinajstić information content (AvgIpc) is 3.21. The van der Waals surface area contributed by atoms with E-state index in [4.69, 9.17) is 9.15 Å². The van der Waals surface area contributed by atoms with Crippen molar-refractivity contribution < 1.29 is 19.1 Å². The molecule has 0 aliphatic heterocycles. The van der Waals surface area contributed by atoms with Crippen LogP contribution in [-0.2, 0) is 6.54 Å². The number of benzene rings is 3. The van der Waals surface area contributed by atoms with Gasteiger partial charge in [-0.3, -0.25) is 9.36 Å². The van der Waals surface area contributed by atoms with Crippen molar-refractivity contribution >= 4 is 28.0 Å². The Labute approximate surface area is 189 Å². The molecule has 2 heterocycles. The molecule has 1 N–H and O–H groups in total. The average molecular weight is 439 g/mol. The van der Waals surface area contributed by atoms with Crippen molar-refractivity contribution in [3.05, 3.63) is 99.8 Å². The molecule has 33 heavy (non-hydrogen) atoms. The van der Waals surface area contributed by atoms with Gasteiger partial charge in [0.15, 0.2) is 5.58 Å². The molecule has 0 aliphatic carbocycles. The summed E-state index contributed by atoms with van der Waals surface area (Å²) in [5.41, 5.74) is 3.42. The van der Waals surface area contributed by atoms with Crippen LogP contribution >= 0.6 is 0 Å². The molecule has 0 atom stereocenters. The number of rotatable bonds is 5. The Kier molecular flexibility index (Phi) is 4.98. The number of carboxylic acids is 1. The number of fused-ring (bicyclic) bond motifs is 3. The molecule has 5 aromatic rings. The Balaban J connectivity index is 1.92. The number of hydrogen-bond acceptors (Lipinski definition) is 4. The Morgan fingerprint density at radius 2 is 1.70 bits per heavy atom. The molecule has 6 heteroatoms. The molecule has 0 radical (unpaired) electrons. The summed E-state index contributed by atoms with van der Waals surface area (Å²) in [7, 11) is 1.56. The van der Waals surface area contributed by atoms with E-state index in [1.54, 1.807) is 31.4 Å². The van der Waals surface area contributed by atoms with E-state index in [1.165, 1.54) is 4.57 Å². The number of aromatic nitrogens is 1. The van der Waals surface area contributed by atoms with Gasteiger partial charge in [0.2, 0.25) is 0 Å². The summed E-state index contributed by atoms with van der Waals surface area (Å²) < 4.78 is 12.9. The molecule has 3 aromatic carbocycles. The van der Waals surface area contributed by atoms with Crippen molar-refractivity contribution in [2.24, 2.45) is 0 Å². The summed E-state index contributed by atoms with van der Waals surface area (Å²) in [6, 6.07) is 22.1. The molecule has 0 saturated heterocycles. The number of pyridine rings is 1. The van der Waals surface area contributed by atoms with Crippen molar-refractivity contribution in [3.8, 4) is 16.9 Å². The van der Waals surface area contributed by atoms with E-state index in [1.807, 2.05) is 55.5 Å². The summed E-state index contributed by atoms with van der Waals surface area (Å²) in [6.07, 6.45) is 0. The number of carboxylic acid groups (broad SMARTS) is 1. The lowest BCUT2D eigenvalue weighted by atomic mass is 9.98. The number of hydrogen-bond donors (Lipinski definition) is 1. The van der Waals surface area contributed by atoms with Crippen LogP contribution in [0.25, 0.3) is 33.2 Å². The van der Waals surface area contributed by atoms with Gasteiger partial charge >= 0.3 is 5.97 Å². The first-order chi connectivity index (χ1) is 16.0. The molecular weight excluding hydrogens is 418 g/mol. The van der Waals surface area contributed by atoms with Gasteiger partial charge in [0.25, 0.3) is 5.56 Å². The number of aryl methyl sites for hydroxylation is 1. The maximum Gasteiger partial charge on any atom is 0.342 e. The fourth-order valence-electron chi connectivity index (χ4n) is 4.27. The Hall–Kier alpha value is -4.32. The van der Waals surface area contributed by atoms with Gasteiger partial charge < -0.3 is 14.3 Å². The molecule has 2 aromatic heterocycles. The van der Waals surface area contributed by atoms with E-state index < -0.39 is 11.5 Å². The number of ether oxygens (including phenoxy) is 1. The van der Waals surface area contributed by atoms with E-state index in [0.29, 0.717) is 28.0 Å². The molecule has 164 valence electrons. The largest absolute Gasteiger partial charge is 0.497 e. The predicted molar refractivity (Wildman–Crippen MR) is 127 cm³/mol. The number of furan rings is 1. The number of aromatic carboxylic acids is 1. The summed E-state index contributed by atoms with van der Waals surface area (Å²) in [6.45, 7) is 2.20. The van der Waals surface area contributed by atoms with Gasteiger partial charge in [0.05, 0.1) is 19.2 Å². The Morgan fingerprint density at radius 1 is 1.00 bits per heavy atom. The van der Waals surface area contributed by atoms with Crippen LogP contribution in [0, 0.1) is 6.92 Å². The van der Waals surface area contributed by atoms with Crippen molar-refractivity contribution in [3.63, 3.8) is 0 Å². The van der Waals surface area contributed by atoms with Crippen LogP contribution in [0.5, 0.6) is 5.75 Å². The highest BCUT2D eigenvalue weighted by Gasteiger charge is 2.27. The lowest BCUT2D eigenvalue weighted by Crippen LogP contribution is -2.28. The van der Waals surface area contributed by atoms with E-state index in [9.17, 15) is 14.7 Å². The van der Waals surface area contributed by atoms with Crippen LogP contribution in [0.4, 0.5) is 0 Å². The minimum atomic E-state index is -1.30. The third-order valence-corrected chi connectivity index (χ3v) is 5.96. The van der Waals surface area contributed by atoms with Crippen molar-refractivity contribution in [1.29, 1.82) is 0 Å². The Morgan fingerprint density at radius 3 is 2.39 bits per heavy atom. The van der Waals surface area contributed by atoms with Gasteiger partial charge in [-0.05, 0) is 47.9 Å². The third-order valence-electron chi connectivity index (χ3n) is 5.96. The molecule has 0 amide bonds. The Bertz CT molecular complexity index is 1570. The first kappa shape index (κ1) is 20.6. The molecule has 0 saturated carbocycles. The molecule has 0 spiro atoms. The lowest BCUT2D eigenvalue weighted by Gasteiger charge is -2.15. The van der Waals surface area contributed by atoms with Gasteiger partial charge in [-0.25, -0.2) is 4.79 Å². The first-order valence-corrected chi connectivity index (χ1v) is 10.5. The van der Waals surface area contributed by atoms with E-state index >= 15 is 0 Å². The number of para-hydroxylation sites is 1. The molecule has 0 bridgehead atoms. The van der Waals surface area contributed by atoms with Crippen LogP contribution in [0.3, 0.4) is 0 Å². The normalized spacial score (nSPS) is 11.2. The maximum atomic E-state index is 13.7. The summed E-state index contributed by atoms with van der Waals surface area (Å²) >= 11 is 0. The van der Waals surface area contributed by atoms with Crippen LogP contribution in [0.15, 0.2) is 82.0 Å². The predicted octanol–water partition coefficient (Wildman–Crippen LogP) is 5.48. The van der Waals surface area contributed by atoms with Gasteiger partial charge in [-0.1, -0.05) is 48.5 Å². The van der Waals surface area contributed by atoms with Gasteiger partial charge in [0.1, 0.15) is 16.9 Å². The summed E-state index contributed by atoms with van der Waals surface area (Å²) in [5.74, 6) is -0.670. The maximum absolute atomic E-state index is 13.7. The van der Waals surface area contributed by atoms with Gasteiger partial charge in [-0.15, -0.1) is 0 Å². The number of methoxy groups -OCH3 is 1. The van der Waals surface area contributed by atoms with Crippen LogP contribution in [0.1, 0.15) is 21.5 Å². The van der Waals surface area contributed by atoms with E-state index in [0.717, 1.165) is 16.5 Å².